The van der Waals surface area contributed by atoms with Gasteiger partial charge in [-0.3, -0.25) is 0 Å². The molecule has 0 heterocycles. The fraction of sp³-hybridized carbons (Fsp3) is 0.273. The molecule has 2 aliphatic rings. The summed E-state index contributed by atoms with van der Waals surface area (Å²) in [6, 6.07) is 40.4. The van der Waals surface area contributed by atoms with Gasteiger partial charge >= 0.3 is 0 Å². The van der Waals surface area contributed by atoms with E-state index in [4.69, 9.17) is 0 Å². The van der Waals surface area contributed by atoms with Crippen molar-refractivity contribution in [2.45, 2.75) is 19.3 Å². The Morgan fingerprint density at radius 3 is 0.946 bits per heavy atom. The molecule has 0 N–H and O–H groups in total. The number of fused-ring (bicyclic) bond motifs is 2. The highest BCUT2D eigenvalue weighted by Crippen LogP contribution is 2.60. The van der Waals surface area contributed by atoms with Gasteiger partial charge in [0.15, 0.2) is 0 Å². The van der Waals surface area contributed by atoms with Gasteiger partial charge in [0.25, 0.3) is 0 Å². The van der Waals surface area contributed by atoms with Crippen LogP contribution in [-0.2, 0) is 9.13 Å². The maximum atomic E-state index is 14.7. The summed E-state index contributed by atoms with van der Waals surface area (Å²) in [5, 5.41) is 3.88. The Morgan fingerprint density at radius 2 is 0.703 bits per heavy atom. The Kier molecular flexibility index (Phi) is 6.83. The molecule has 4 aromatic carbocycles. The molecule has 6 rings (SSSR count). The molecular formula is C33H34O2P2. The molecule has 188 valence electrons. The Hall–Kier alpha value is -2.66. The van der Waals surface area contributed by atoms with E-state index in [1.807, 2.05) is 121 Å². The van der Waals surface area contributed by atoms with Gasteiger partial charge in [-0.15, -0.1) is 0 Å². The van der Waals surface area contributed by atoms with Crippen molar-refractivity contribution in [3.8, 4) is 0 Å². The van der Waals surface area contributed by atoms with Crippen molar-refractivity contribution in [2.75, 3.05) is 12.3 Å². The predicted molar refractivity (Wildman–Crippen MR) is 157 cm³/mol. The standard InChI is InChI=1S/C33H34O2P2/c34-36(30-13-5-1-6-14-30,31-15-7-2-8-16-31)24-28-22-27-21-26(28)23-29(27)25-37(35,32-17-9-3-10-18-32)33-19-11-4-12-20-33/h1-20,26-29H,21-25H2. The maximum absolute atomic E-state index is 14.7. The molecule has 0 amide bonds. The lowest BCUT2D eigenvalue weighted by atomic mass is 9.84. The van der Waals surface area contributed by atoms with Crippen LogP contribution in [0.5, 0.6) is 0 Å². The molecule has 4 atom stereocenters. The van der Waals surface area contributed by atoms with E-state index in [1.165, 1.54) is 6.42 Å². The van der Waals surface area contributed by atoms with Gasteiger partial charge in [0, 0.05) is 33.5 Å². The Bertz CT molecular complexity index is 1220. The van der Waals surface area contributed by atoms with E-state index < -0.39 is 14.3 Å². The Labute approximate surface area is 220 Å². The van der Waals surface area contributed by atoms with Crippen LogP contribution in [0.4, 0.5) is 0 Å². The zero-order chi connectivity index (χ0) is 25.3. The van der Waals surface area contributed by atoms with Crippen molar-refractivity contribution in [3.05, 3.63) is 121 Å². The van der Waals surface area contributed by atoms with Crippen LogP contribution in [0, 0.1) is 23.7 Å². The van der Waals surface area contributed by atoms with Crippen molar-refractivity contribution in [1.82, 2.24) is 0 Å². The van der Waals surface area contributed by atoms with Crippen LogP contribution in [0.15, 0.2) is 121 Å². The van der Waals surface area contributed by atoms with Crippen LogP contribution in [0.3, 0.4) is 0 Å². The minimum absolute atomic E-state index is 0.459. The summed E-state index contributed by atoms with van der Waals surface area (Å²) >= 11 is 0. The average Bonchev–Trinajstić information content (AvgIpc) is 3.54. The summed E-state index contributed by atoms with van der Waals surface area (Å²) in [5.74, 6) is 2.05. The second-order valence-electron chi connectivity index (χ2n) is 10.9. The first kappa shape index (κ1) is 24.7. The minimum atomic E-state index is -2.71. The van der Waals surface area contributed by atoms with E-state index in [0.29, 0.717) is 23.7 Å². The van der Waals surface area contributed by atoms with E-state index in [1.54, 1.807) is 0 Å². The molecule has 4 heteroatoms. The lowest BCUT2D eigenvalue weighted by Gasteiger charge is -2.33. The number of rotatable bonds is 8. The highest BCUT2D eigenvalue weighted by molar-refractivity contribution is 7.79. The molecule has 2 fully saturated rings. The van der Waals surface area contributed by atoms with Crippen molar-refractivity contribution >= 4 is 35.5 Å². The lowest BCUT2D eigenvalue weighted by molar-refractivity contribution is 0.291. The van der Waals surface area contributed by atoms with Gasteiger partial charge < -0.3 is 9.13 Å². The van der Waals surface area contributed by atoms with Crippen LogP contribution in [0.2, 0.25) is 0 Å². The predicted octanol–water partition coefficient (Wildman–Crippen LogP) is 6.68. The van der Waals surface area contributed by atoms with Crippen molar-refractivity contribution in [1.29, 1.82) is 0 Å². The molecular weight excluding hydrogens is 490 g/mol. The molecule has 37 heavy (non-hydrogen) atoms. The summed E-state index contributed by atoms with van der Waals surface area (Å²) in [5.41, 5.74) is 0. The van der Waals surface area contributed by atoms with E-state index in [0.717, 1.165) is 46.4 Å². The molecule has 4 aromatic rings. The van der Waals surface area contributed by atoms with Gasteiger partial charge in [-0.2, -0.15) is 0 Å². The third-order valence-corrected chi connectivity index (χ3v) is 15.3. The normalized spacial score (nSPS) is 23.2. The zero-order valence-corrected chi connectivity index (χ0v) is 22.9. The molecule has 0 saturated heterocycles. The van der Waals surface area contributed by atoms with E-state index >= 15 is 0 Å². The van der Waals surface area contributed by atoms with Crippen LogP contribution in [-0.4, -0.2) is 12.3 Å². The molecule has 2 aliphatic carbocycles. The fourth-order valence-electron chi connectivity index (χ4n) is 7.02. The third kappa shape index (κ3) is 4.71. The van der Waals surface area contributed by atoms with Crippen molar-refractivity contribution in [2.24, 2.45) is 23.7 Å². The SMILES string of the molecule is O=P(CC1CC2CC1CC2CP(=O)(c1ccccc1)c1ccccc1)(c1ccccc1)c1ccccc1. The summed E-state index contributed by atoms with van der Waals surface area (Å²) in [6.07, 6.45) is 4.86. The molecule has 0 aromatic heterocycles. The summed E-state index contributed by atoms with van der Waals surface area (Å²) in [7, 11) is -5.43. The second kappa shape index (κ2) is 10.2. The Morgan fingerprint density at radius 1 is 0.432 bits per heavy atom. The van der Waals surface area contributed by atoms with Crippen LogP contribution < -0.4 is 21.2 Å². The largest absolute Gasteiger partial charge is 0.314 e. The van der Waals surface area contributed by atoms with E-state index in [-0.39, 0.29) is 0 Å². The second-order valence-corrected chi connectivity index (χ2v) is 16.7. The van der Waals surface area contributed by atoms with E-state index in [2.05, 4.69) is 0 Å². The first-order valence-corrected chi connectivity index (χ1v) is 17.3. The highest BCUT2D eigenvalue weighted by Gasteiger charge is 2.49. The highest BCUT2D eigenvalue weighted by atomic mass is 31.2. The van der Waals surface area contributed by atoms with E-state index in [9.17, 15) is 9.13 Å². The van der Waals surface area contributed by atoms with Gasteiger partial charge in [0.1, 0.15) is 14.3 Å². The van der Waals surface area contributed by atoms with Crippen molar-refractivity contribution < 1.29 is 9.13 Å². The molecule has 2 bridgehead atoms. The van der Waals surface area contributed by atoms with Gasteiger partial charge in [-0.25, -0.2) is 0 Å². The van der Waals surface area contributed by atoms with Gasteiger partial charge in [-0.05, 0) is 42.9 Å². The van der Waals surface area contributed by atoms with Gasteiger partial charge in [0.2, 0.25) is 0 Å². The molecule has 0 radical (unpaired) electrons. The lowest BCUT2D eigenvalue weighted by Crippen LogP contribution is -2.29. The number of hydrogen-bond acceptors (Lipinski definition) is 2. The zero-order valence-electron chi connectivity index (χ0n) is 21.1. The maximum Gasteiger partial charge on any atom is 0.143 e. The third-order valence-electron chi connectivity index (χ3n) is 8.83. The molecule has 2 saturated carbocycles. The summed E-state index contributed by atoms with van der Waals surface area (Å²) in [4.78, 5) is 0. The minimum Gasteiger partial charge on any atom is -0.314 e. The summed E-state index contributed by atoms with van der Waals surface area (Å²) in [6.45, 7) is 0. The average molecular weight is 525 g/mol. The Balaban J connectivity index is 1.24. The van der Waals surface area contributed by atoms with Crippen LogP contribution >= 0.6 is 14.3 Å². The van der Waals surface area contributed by atoms with Crippen LogP contribution in [0.1, 0.15) is 19.3 Å². The van der Waals surface area contributed by atoms with Crippen molar-refractivity contribution in [3.63, 3.8) is 0 Å². The smallest absolute Gasteiger partial charge is 0.143 e. The quantitative estimate of drug-likeness (QED) is 0.241. The van der Waals surface area contributed by atoms with Crippen LogP contribution in [0.25, 0.3) is 0 Å². The van der Waals surface area contributed by atoms with Gasteiger partial charge in [0.05, 0.1) is 0 Å². The number of benzene rings is 4. The molecule has 2 nitrogen and oxygen atoms in total. The molecule has 0 aliphatic heterocycles. The summed E-state index contributed by atoms with van der Waals surface area (Å²) < 4.78 is 29.4. The first-order valence-electron chi connectivity index (χ1n) is 13.5. The van der Waals surface area contributed by atoms with Gasteiger partial charge in [-0.1, -0.05) is 121 Å². The topological polar surface area (TPSA) is 34.1 Å². The monoisotopic (exact) mass is 524 g/mol. The number of hydrogen-bond donors (Lipinski definition) is 0. The molecule has 4 unspecified atom stereocenters. The fourth-order valence-corrected chi connectivity index (χ4v) is 13.3. The molecule has 0 spiro atoms. The first-order chi connectivity index (χ1) is 18.1.